The van der Waals surface area contributed by atoms with Gasteiger partial charge in [-0.15, -0.1) is 11.3 Å². The van der Waals surface area contributed by atoms with E-state index in [4.69, 9.17) is 0 Å². The maximum atomic E-state index is 4.63. The van der Waals surface area contributed by atoms with Gasteiger partial charge in [0.05, 0.1) is 17.9 Å². The zero-order chi connectivity index (χ0) is 13.0. The highest BCUT2D eigenvalue weighted by Crippen LogP contribution is 2.23. The van der Waals surface area contributed by atoms with Crippen molar-refractivity contribution in [2.45, 2.75) is 19.5 Å². The van der Waals surface area contributed by atoms with E-state index in [-0.39, 0.29) is 0 Å². The molecule has 0 radical (unpaired) electrons. The largest absolute Gasteiger partial charge is 0.345 e. The van der Waals surface area contributed by atoms with E-state index in [9.17, 15) is 0 Å². The molecule has 0 aliphatic rings. The molecule has 0 fully saturated rings. The number of hydrogen-bond donors (Lipinski definition) is 1. The molecule has 5 heteroatoms. The summed E-state index contributed by atoms with van der Waals surface area (Å²) >= 11 is 1.67. The quantitative estimate of drug-likeness (QED) is 0.898. The van der Waals surface area contributed by atoms with Gasteiger partial charge in [-0.05, 0) is 26.1 Å². The highest BCUT2D eigenvalue weighted by Gasteiger charge is 2.11. The summed E-state index contributed by atoms with van der Waals surface area (Å²) in [4.78, 5) is 11.1. The molecule has 0 saturated carbocycles. The Morgan fingerprint density at radius 3 is 2.94 bits per heavy atom. The first-order valence-electron chi connectivity index (χ1n) is 5.94. The maximum absolute atomic E-state index is 4.63. The lowest BCUT2D eigenvalue weighted by atomic mass is 10.3. The summed E-state index contributed by atoms with van der Waals surface area (Å²) < 4.78 is 0. The lowest BCUT2D eigenvalue weighted by Crippen LogP contribution is -2.18. The van der Waals surface area contributed by atoms with Crippen molar-refractivity contribution in [1.29, 1.82) is 0 Å². The summed E-state index contributed by atoms with van der Waals surface area (Å²) in [6.07, 6.45) is 1.82. The summed E-state index contributed by atoms with van der Waals surface area (Å²) in [5, 5.41) is 6.32. The van der Waals surface area contributed by atoms with Crippen LogP contribution in [0.3, 0.4) is 0 Å². The normalized spacial score (nSPS) is 12.4. The van der Waals surface area contributed by atoms with Gasteiger partial charge in [-0.3, -0.25) is 4.98 Å². The molecule has 0 saturated heterocycles. The molecule has 0 spiro atoms. The molecule has 2 rings (SSSR count). The number of aromatic nitrogens is 2. The molecule has 2 aromatic rings. The topological polar surface area (TPSA) is 41.0 Å². The van der Waals surface area contributed by atoms with Crippen molar-refractivity contribution < 1.29 is 0 Å². The van der Waals surface area contributed by atoms with Crippen molar-refractivity contribution >= 4 is 16.5 Å². The molecular formula is C13H18N4S. The van der Waals surface area contributed by atoms with Gasteiger partial charge in [-0.1, -0.05) is 6.07 Å². The molecule has 2 aromatic heterocycles. The molecule has 1 N–H and O–H groups in total. The molecule has 0 aliphatic carbocycles. The van der Waals surface area contributed by atoms with Gasteiger partial charge in [0.1, 0.15) is 0 Å². The Balaban J connectivity index is 2.05. The van der Waals surface area contributed by atoms with E-state index in [1.54, 1.807) is 11.3 Å². The van der Waals surface area contributed by atoms with Crippen LogP contribution in [0.15, 0.2) is 29.8 Å². The number of thiazole rings is 1. The van der Waals surface area contributed by atoms with Crippen molar-refractivity contribution in [1.82, 2.24) is 15.3 Å². The smallest absolute Gasteiger partial charge is 0.185 e. The zero-order valence-corrected chi connectivity index (χ0v) is 11.7. The fourth-order valence-electron chi connectivity index (χ4n) is 1.60. The zero-order valence-electron chi connectivity index (χ0n) is 10.9. The predicted molar refractivity (Wildman–Crippen MR) is 75.9 cm³/mol. The number of hydrogen-bond acceptors (Lipinski definition) is 5. The standard InChI is InChI=1S/C13H18N4S/c1-10(14-2)12-9-18-13(16-12)17(3)8-11-6-4-5-7-15-11/h4-7,9-10,14H,8H2,1-3H3. The first kappa shape index (κ1) is 13.0. The van der Waals surface area contributed by atoms with E-state index in [0.29, 0.717) is 6.04 Å². The van der Waals surface area contributed by atoms with E-state index in [0.717, 1.165) is 23.1 Å². The molecule has 18 heavy (non-hydrogen) atoms. The van der Waals surface area contributed by atoms with E-state index >= 15 is 0 Å². The van der Waals surface area contributed by atoms with Crippen LogP contribution in [0.2, 0.25) is 0 Å². The monoisotopic (exact) mass is 262 g/mol. The highest BCUT2D eigenvalue weighted by molar-refractivity contribution is 7.13. The van der Waals surface area contributed by atoms with E-state index in [1.165, 1.54) is 0 Å². The van der Waals surface area contributed by atoms with Crippen LogP contribution >= 0.6 is 11.3 Å². The van der Waals surface area contributed by atoms with Gasteiger partial charge >= 0.3 is 0 Å². The molecule has 96 valence electrons. The van der Waals surface area contributed by atoms with Gasteiger partial charge in [0.25, 0.3) is 0 Å². The molecular weight excluding hydrogens is 244 g/mol. The Bertz CT molecular complexity index is 483. The van der Waals surface area contributed by atoms with Crippen LogP contribution < -0.4 is 10.2 Å². The highest BCUT2D eigenvalue weighted by atomic mass is 32.1. The molecule has 0 aliphatic heterocycles. The first-order valence-corrected chi connectivity index (χ1v) is 6.82. The van der Waals surface area contributed by atoms with Crippen LogP contribution in [0, 0.1) is 0 Å². The van der Waals surface area contributed by atoms with Crippen molar-refractivity contribution in [3.05, 3.63) is 41.2 Å². The number of nitrogens with one attached hydrogen (secondary N) is 1. The Kier molecular flexibility index (Phi) is 4.28. The second kappa shape index (κ2) is 5.93. The van der Waals surface area contributed by atoms with Crippen LogP contribution in [-0.2, 0) is 6.54 Å². The van der Waals surface area contributed by atoms with Crippen molar-refractivity contribution in [2.24, 2.45) is 0 Å². The number of anilines is 1. The molecule has 0 amide bonds. The first-order chi connectivity index (χ1) is 8.70. The summed E-state index contributed by atoms with van der Waals surface area (Å²) in [5.74, 6) is 0. The van der Waals surface area contributed by atoms with Crippen LogP contribution in [0.1, 0.15) is 24.4 Å². The molecule has 1 unspecified atom stereocenters. The van der Waals surface area contributed by atoms with Crippen molar-refractivity contribution in [2.75, 3.05) is 19.0 Å². The Morgan fingerprint density at radius 2 is 2.28 bits per heavy atom. The summed E-state index contributed by atoms with van der Waals surface area (Å²) in [7, 11) is 3.99. The average Bonchev–Trinajstić information content (AvgIpc) is 2.88. The van der Waals surface area contributed by atoms with Crippen LogP contribution in [0.5, 0.6) is 0 Å². The van der Waals surface area contributed by atoms with E-state index in [2.05, 4.69) is 32.5 Å². The number of nitrogens with zero attached hydrogens (tertiary/aromatic N) is 3. The Labute approximate surface area is 112 Å². The molecule has 0 aromatic carbocycles. The SMILES string of the molecule is CNC(C)c1csc(N(C)Cc2ccccn2)n1. The third-order valence-electron chi connectivity index (χ3n) is 2.84. The van der Waals surface area contributed by atoms with Gasteiger partial charge in [-0.2, -0.15) is 0 Å². The van der Waals surface area contributed by atoms with Gasteiger partial charge in [0.15, 0.2) is 5.13 Å². The molecule has 1 atom stereocenters. The van der Waals surface area contributed by atoms with Gasteiger partial charge in [0.2, 0.25) is 0 Å². The summed E-state index contributed by atoms with van der Waals surface area (Å²) in [6, 6.07) is 6.26. The third-order valence-corrected chi connectivity index (χ3v) is 3.81. The minimum absolute atomic E-state index is 0.290. The summed E-state index contributed by atoms with van der Waals surface area (Å²) in [5.41, 5.74) is 2.14. The lowest BCUT2D eigenvalue weighted by molar-refractivity contribution is 0.636. The molecule has 4 nitrogen and oxygen atoms in total. The average molecular weight is 262 g/mol. The van der Waals surface area contributed by atoms with Crippen LogP contribution in [-0.4, -0.2) is 24.1 Å². The molecule has 2 heterocycles. The second-order valence-corrected chi connectivity index (χ2v) is 5.08. The van der Waals surface area contributed by atoms with Crippen molar-refractivity contribution in [3.63, 3.8) is 0 Å². The van der Waals surface area contributed by atoms with Gasteiger partial charge in [-0.25, -0.2) is 4.98 Å². The fraction of sp³-hybridized carbons (Fsp3) is 0.385. The minimum Gasteiger partial charge on any atom is -0.345 e. The van der Waals surface area contributed by atoms with Gasteiger partial charge < -0.3 is 10.2 Å². The third kappa shape index (κ3) is 3.05. The summed E-state index contributed by atoms with van der Waals surface area (Å²) in [6.45, 7) is 2.89. The Hall–Kier alpha value is -1.46. The lowest BCUT2D eigenvalue weighted by Gasteiger charge is -2.15. The maximum Gasteiger partial charge on any atom is 0.185 e. The van der Waals surface area contributed by atoms with Crippen LogP contribution in [0.25, 0.3) is 0 Å². The van der Waals surface area contributed by atoms with E-state index in [1.807, 2.05) is 38.5 Å². The van der Waals surface area contributed by atoms with E-state index < -0.39 is 0 Å². The second-order valence-electron chi connectivity index (χ2n) is 4.24. The fourth-order valence-corrected chi connectivity index (χ4v) is 2.49. The minimum atomic E-state index is 0.290. The number of pyridine rings is 1. The Morgan fingerprint density at radius 1 is 1.44 bits per heavy atom. The van der Waals surface area contributed by atoms with Crippen LogP contribution in [0.4, 0.5) is 5.13 Å². The van der Waals surface area contributed by atoms with Gasteiger partial charge in [0, 0.05) is 24.7 Å². The predicted octanol–water partition coefficient (Wildman–Crippen LogP) is 2.45. The number of rotatable bonds is 5. The molecule has 0 bridgehead atoms. The van der Waals surface area contributed by atoms with Crippen molar-refractivity contribution in [3.8, 4) is 0 Å².